The van der Waals surface area contributed by atoms with Crippen LogP contribution in [0.25, 0.3) is 0 Å². The molecule has 0 aromatic carbocycles. The molecule has 0 spiro atoms. The van der Waals surface area contributed by atoms with E-state index in [-0.39, 0.29) is 25.7 Å². The van der Waals surface area contributed by atoms with Gasteiger partial charge in [0.25, 0.3) is 0 Å². The molecule has 6 nitrogen and oxygen atoms in total. The maximum Gasteiger partial charge on any atom is 0.407 e. The highest BCUT2D eigenvalue weighted by molar-refractivity contribution is 7.88. The zero-order chi connectivity index (χ0) is 10.9. The molecule has 1 aliphatic rings. The Morgan fingerprint density at radius 2 is 2.00 bits per heavy atom. The highest BCUT2D eigenvalue weighted by Gasteiger charge is 2.31. The van der Waals surface area contributed by atoms with E-state index in [1.54, 1.807) is 6.92 Å². The van der Waals surface area contributed by atoms with Gasteiger partial charge in [0.05, 0.1) is 6.26 Å². The third-order valence-electron chi connectivity index (χ3n) is 2.26. The number of hydrogen-bond acceptors (Lipinski definition) is 3. The Balaban J connectivity index is 2.70. The molecular weight excluding hydrogens is 208 g/mol. The van der Waals surface area contributed by atoms with Gasteiger partial charge in [-0.2, -0.15) is 4.31 Å². The number of nitrogens with zero attached hydrogens (tertiary/aromatic N) is 2. The van der Waals surface area contributed by atoms with Gasteiger partial charge in [-0.25, -0.2) is 13.2 Å². The molecule has 0 bridgehead atoms. The maximum absolute atomic E-state index is 11.2. The summed E-state index contributed by atoms with van der Waals surface area (Å²) in [4.78, 5) is 11.8. The maximum atomic E-state index is 11.2. The van der Waals surface area contributed by atoms with Gasteiger partial charge in [0, 0.05) is 25.7 Å². The number of amides is 1. The molecule has 1 N–H and O–H groups in total. The quantitative estimate of drug-likeness (QED) is 0.656. The zero-order valence-electron chi connectivity index (χ0n) is 8.17. The highest BCUT2D eigenvalue weighted by Crippen LogP contribution is 2.12. The van der Waals surface area contributed by atoms with Crippen molar-refractivity contribution < 1.29 is 18.3 Å². The number of hydrogen-bond donors (Lipinski definition) is 1. The van der Waals surface area contributed by atoms with E-state index in [1.165, 1.54) is 9.21 Å². The second kappa shape index (κ2) is 3.74. The molecule has 7 heteroatoms. The van der Waals surface area contributed by atoms with E-state index in [9.17, 15) is 13.2 Å². The second-order valence-corrected chi connectivity index (χ2v) is 5.39. The van der Waals surface area contributed by atoms with Crippen molar-refractivity contribution in [3.05, 3.63) is 0 Å². The van der Waals surface area contributed by atoms with E-state index in [0.717, 1.165) is 6.26 Å². The van der Waals surface area contributed by atoms with E-state index >= 15 is 0 Å². The largest absolute Gasteiger partial charge is 0.465 e. The average molecular weight is 222 g/mol. The predicted octanol–water partition coefficient (Wildman–Crippen LogP) is -0.370. The molecule has 1 aliphatic heterocycles. The molecule has 14 heavy (non-hydrogen) atoms. The van der Waals surface area contributed by atoms with E-state index < -0.39 is 16.1 Å². The summed E-state index contributed by atoms with van der Waals surface area (Å²) in [5, 5.41) is 8.70. The fourth-order valence-corrected chi connectivity index (χ4v) is 2.74. The molecule has 0 saturated carbocycles. The molecule has 1 amide bonds. The van der Waals surface area contributed by atoms with E-state index in [1.807, 2.05) is 0 Å². The fraction of sp³-hybridized carbons (Fsp3) is 0.857. The molecule has 1 saturated heterocycles. The summed E-state index contributed by atoms with van der Waals surface area (Å²) in [7, 11) is -3.21. The van der Waals surface area contributed by atoms with Crippen LogP contribution in [0.2, 0.25) is 0 Å². The summed E-state index contributed by atoms with van der Waals surface area (Å²) >= 11 is 0. The van der Waals surface area contributed by atoms with Gasteiger partial charge < -0.3 is 10.0 Å². The first-order valence-corrected chi connectivity index (χ1v) is 6.12. The van der Waals surface area contributed by atoms with Crippen LogP contribution in [-0.4, -0.2) is 60.8 Å². The van der Waals surface area contributed by atoms with E-state index in [0.29, 0.717) is 0 Å². The van der Waals surface area contributed by atoms with Crippen molar-refractivity contribution in [2.45, 2.75) is 13.0 Å². The predicted molar refractivity (Wildman–Crippen MR) is 50.6 cm³/mol. The Morgan fingerprint density at radius 3 is 2.36 bits per heavy atom. The number of rotatable bonds is 1. The molecule has 0 aromatic heterocycles. The van der Waals surface area contributed by atoms with Crippen LogP contribution in [0.1, 0.15) is 6.92 Å². The first-order valence-electron chi connectivity index (χ1n) is 4.27. The summed E-state index contributed by atoms with van der Waals surface area (Å²) in [6.45, 7) is 2.43. The molecule has 0 aliphatic carbocycles. The summed E-state index contributed by atoms with van der Waals surface area (Å²) < 4.78 is 23.8. The average Bonchev–Trinajstić information content (AvgIpc) is 2.01. The summed E-state index contributed by atoms with van der Waals surface area (Å²) in [5.41, 5.74) is 0. The number of sulfonamides is 1. The first kappa shape index (κ1) is 11.3. The number of carbonyl (C=O) groups is 1. The minimum absolute atomic E-state index is 0.238. The van der Waals surface area contributed by atoms with E-state index in [2.05, 4.69) is 0 Å². The Bertz CT molecular complexity index is 327. The molecule has 82 valence electrons. The SMILES string of the molecule is C[C@@H]1CN(C(=O)O)CCN1S(C)(=O)=O. The van der Waals surface area contributed by atoms with Crippen LogP contribution in [0.15, 0.2) is 0 Å². The minimum atomic E-state index is -3.21. The first-order chi connectivity index (χ1) is 6.32. The normalized spacial score (nSPS) is 25.0. The van der Waals surface area contributed by atoms with Crippen molar-refractivity contribution in [2.75, 3.05) is 25.9 Å². The second-order valence-electron chi connectivity index (χ2n) is 3.45. The molecule has 1 rings (SSSR count). The lowest BCUT2D eigenvalue weighted by Crippen LogP contribution is -2.54. The van der Waals surface area contributed by atoms with Crippen LogP contribution in [0.4, 0.5) is 4.79 Å². The Kier molecular flexibility index (Phi) is 3.01. The van der Waals surface area contributed by atoms with Gasteiger partial charge in [0.15, 0.2) is 0 Å². The molecule has 1 atom stereocenters. The number of carboxylic acid groups (broad SMARTS) is 1. The third-order valence-corrected chi connectivity index (χ3v) is 3.66. The third kappa shape index (κ3) is 2.36. The molecule has 0 aromatic rings. The summed E-state index contributed by atoms with van der Waals surface area (Å²) in [5.74, 6) is 0. The molecular formula is C7H14N2O4S. The smallest absolute Gasteiger partial charge is 0.407 e. The van der Waals surface area contributed by atoms with Crippen molar-refractivity contribution in [1.82, 2.24) is 9.21 Å². The summed E-state index contributed by atoms with van der Waals surface area (Å²) in [6.07, 6.45) is 0.143. The monoisotopic (exact) mass is 222 g/mol. The molecule has 1 heterocycles. The lowest BCUT2D eigenvalue weighted by atomic mass is 10.2. The molecule has 1 fully saturated rings. The van der Waals surface area contributed by atoms with Gasteiger partial charge in [0.1, 0.15) is 0 Å². The van der Waals surface area contributed by atoms with Gasteiger partial charge in [-0.05, 0) is 6.92 Å². The van der Waals surface area contributed by atoms with Gasteiger partial charge in [-0.1, -0.05) is 0 Å². The lowest BCUT2D eigenvalue weighted by molar-refractivity contribution is 0.109. The van der Waals surface area contributed by atoms with Gasteiger partial charge in [0.2, 0.25) is 10.0 Å². The van der Waals surface area contributed by atoms with Crippen LogP contribution in [0, 0.1) is 0 Å². The Labute approximate surface area is 83.2 Å². The minimum Gasteiger partial charge on any atom is -0.465 e. The summed E-state index contributed by atoms with van der Waals surface area (Å²) in [6, 6.07) is -0.283. The van der Waals surface area contributed by atoms with Crippen molar-refractivity contribution in [1.29, 1.82) is 0 Å². The van der Waals surface area contributed by atoms with Gasteiger partial charge in [-0.15, -0.1) is 0 Å². The molecule has 0 radical (unpaired) electrons. The standard InChI is InChI=1S/C7H14N2O4S/c1-6-5-8(7(10)11)3-4-9(6)14(2,12)13/h6H,3-5H2,1-2H3,(H,10,11)/t6-/m1/s1. The van der Waals surface area contributed by atoms with Gasteiger partial charge in [-0.3, -0.25) is 0 Å². The van der Waals surface area contributed by atoms with Crippen LogP contribution in [0.5, 0.6) is 0 Å². The Morgan fingerprint density at radius 1 is 1.43 bits per heavy atom. The van der Waals surface area contributed by atoms with Crippen molar-refractivity contribution in [2.24, 2.45) is 0 Å². The van der Waals surface area contributed by atoms with Crippen LogP contribution < -0.4 is 0 Å². The van der Waals surface area contributed by atoms with Crippen molar-refractivity contribution in [3.8, 4) is 0 Å². The fourth-order valence-electron chi connectivity index (χ4n) is 1.61. The molecule has 0 unspecified atom stereocenters. The van der Waals surface area contributed by atoms with Crippen LogP contribution in [0.3, 0.4) is 0 Å². The number of piperazine rings is 1. The van der Waals surface area contributed by atoms with Crippen LogP contribution >= 0.6 is 0 Å². The lowest BCUT2D eigenvalue weighted by Gasteiger charge is -2.36. The topological polar surface area (TPSA) is 77.9 Å². The van der Waals surface area contributed by atoms with E-state index in [4.69, 9.17) is 5.11 Å². The Hall–Kier alpha value is -0.820. The van der Waals surface area contributed by atoms with Crippen molar-refractivity contribution in [3.63, 3.8) is 0 Å². The zero-order valence-corrected chi connectivity index (χ0v) is 8.99. The van der Waals surface area contributed by atoms with Crippen molar-refractivity contribution >= 4 is 16.1 Å². The highest BCUT2D eigenvalue weighted by atomic mass is 32.2. The van der Waals surface area contributed by atoms with Crippen LogP contribution in [-0.2, 0) is 10.0 Å². The van der Waals surface area contributed by atoms with Gasteiger partial charge >= 0.3 is 6.09 Å².